The van der Waals surface area contributed by atoms with Crippen molar-refractivity contribution in [2.24, 2.45) is 0 Å². The predicted octanol–water partition coefficient (Wildman–Crippen LogP) is 3.21. The van der Waals surface area contributed by atoms with Crippen LogP contribution in [0.25, 0.3) is 0 Å². The number of benzene rings is 1. The van der Waals surface area contributed by atoms with Crippen LogP contribution in [-0.2, 0) is 11.0 Å². The number of hydrogen-bond donors (Lipinski definition) is 3. The van der Waals surface area contributed by atoms with Crippen molar-refractivity contribution in [1.29, 1.82) is 0 Å². The largest absolute Gasteiger partial charge is 0.436 e. The van der Waals surface area contributed by atoms with E-state index in [2.05, 4.69) is 11.9 Å². The van der Waals surface area contributed by atoms with Crippen LogP contribution in [0.4, 0.5) is 15.8 Å². The summed E-state index contributed by atoms with van der Waals surface area (Å²) in [6, 6.07) is 5.99. The monoisotopic (exact) mass is 329 g/mol. The number of rotatable bonds is 4. The van der Waals surface area contributed by atoms with E-state index >= 15 is 0 Å². The van der Waals surface area contributed by atoms with Gasteiger partial charge in [0.15, 0.2) is 11.6 Å². The van der Waals surface area contributed by atoms with E-state index in [1.165, 1.54) is 12.1 Å². The van der Waals surface area contributed by atoms with Crippen LogP contribution < -0.4 is 16.2 Å². The normalized spacial score (nSPS) is 19.8. The minimum absolute atomic E-state index is 0.00956. The van der Waals surface area contributed by atoms with Crippen LogP contribution in [0, 0.1) is 5.82 Å². The molecule has 0 spiro atoms. The van der Waals surface area contributed by atoms with E-state index in [1.807, 2.05) is 0 Å². The highest BCUT2D eigenvalue weighted by atomic mass is 19.1. The van der Waals surface area contributed by atoms with Crippen LogP contribution in [-0.4, -0.2) is 10.1 Å². The molecule has 1 heterocycles. The molecule has 2 fully saturated rings. The molecule has 2 aliphatic carbocycles. The van der Waals surface area contributed by atoms with Gasteiger partial charge in [-0.05, 0) is 37.8 Å². The molecule has 0 aliphatic heterocycles. The molecule has 126 valence electrons. The number of nitrogens with two attached hydrogens (primary N) is 2. The van der Waals surface area contributed by atoms with Crippen LogP contribution in [0.3, 0.4) is 0 Å². The van der Waals surface area contributed by atoms with Gasteiger partial charge in [0.1, 0.15) is 0 Å². The second kappa shape index (κ2) is 4.83. The van der Waals surface area contributed by atoms with Gasteiger partial charge in [-0.2, -0.15) is 0 Å². The van der Waals surface area contributed by atoms with Gasteiger partial charge in [0.05, 0.1) is 17.0 Å². The number of pyridine rings is 1. The zero-order valence-electron chi connectivity index (χ0n) is 13.5. The van der Waals surface area contributed by atoms with Crippen molar-refractivity contribution in [2.45, 2.75) is 43.6 Å². The van der Waals surface area contributed by atoms with E-state index in [4.69, 9.17) is 16.2 Å². The van der Waals surface area contributed by atoms with Gasteiger partial charge in [0, 0.05) is 28.8 Å². The van der Waals surface area contributed by atoms with Gasteiger partial charge in [-0.1, -0.05) is 6.92 Å². The fourth-order valence-corrected chi connectivity index (χ4v) is 2.97. The number of hydrogen-bond acceptors (Lipinski definition) is 5. The maximum absolute atomic E-state index is 14.4. The van der Waals surface area contributed by atoms with E-state index < -0.39 is 11.4 Å². The van der Waals surface area contributed by atoms with Crippen molar-refractivity contribution in [1.82, 2.24) is 4.98 Å². The van der Waals surface area contributed by atoms with Gasteiger partial charge >= 0.3 is 0 Å². The van der Waals surface area contributed by atoms with Gasteiger partial charge in [-0.25, -0.2) is 9.37 Å². The molecule has 0 bridgehead atoms. The Morgan fingerprint density at radius 1 is 1.12 bits per heavy atom. The van der Waals surface area contributed by atoms with Gasteiger partial charge in [0.25, 0.3) is 0 Å². The van der Waals surface area contributed by atoms with Gasteiger partial charge in [-0.15, -0.1) is 0 Å². The van der Waals surface area contributed by atoms with Crippen molar-refractivity contribution in [2.75, 3.05) is 11.5 Å². The van der Waals surface area contributed by atoms with Crippen LogP contribution >= 0.6 is 0 Å². The van der Waals surface area contributed by atoms with Crippen LogP contribution in [0.5, 0.6) is 11.6 Å². The fraction of sp³-hybridized carbons (Fsp3) is 0.389. The maximum atomic E-state index is 14.4. The first-order valence-corrected chi connectivity index (χ1v) is 8.07. The summed E-state index contributed by atoms with van der Waals surface area (Å²) in [5.41, 5.74) is 13.1. The number of nitrogen functional groups attached to an aromatic ring is 2. The standard InChI is InChI=1S/C18H20FN3O2/c1-17(4-5-17)16-12(20)2-3-15(22-16)24-14-9-13(21)10(8-11(14)19)18(23)6-7-18/h2-3,8-9,23H,4-7,20-21H2,1H3. The molecule has 5 N–H and O–H groups in total. The number of aliphatic hydroxyl groups is 1. The smallest absolute Gasteiger partial charge is 0.219 e. The molecule has 1 aromatic carbocycles. The lowest BCUT2D eigenvalue weighted by Crippen LogP contribution is -2.10. The molecule has 0 atom stereocenters. The first-order chi connectivity index (χ1) is 11.3. The summed E-state index contributed by atoms with van der Waals surface area (Å²) in [4.78, 5) is 4.45. The number of halogens is 1. The van der Waals surface area contributed by atoms with Gasteiger partial charge in [0.2, 0.25) is 5.88 Å². The fourth-order valence-electron chi connectivity index (χ4n) is 2.97. The van der Waals surface area contributed by atoms with Crippen LogP contribution in [0.2, 0.25) is 0 Å². The third kappa shape index (κ3) is 2.47. The predicted molar refractivity (Wildman–Crippen MR) is 89.3 cm³/mol. The molecule has 1 aromatic heterocycles. The zero-order chi connectivity index (χ0) is 17.1. The first kappa shape index (κ1) is 15.2. The van der Waals surface area contributed by atoms with Crippen molar-refractivity contribution in [3.05, 3.63) is 41.3 Å². The highest BCUT2D eigenvalue weighted by Crippen LogP contribution is 2.50. The number of anilines is 2. The third-order valence-corrected chi connectivity index (χ3v) is 5.02. The Balaban J connectivity index is 1.65. The average molecular weight is 329 g/mol. The summed E-state index contributed by atoms with van der Waals surface area (Å²) in [7, 11) is 0. The molecular formula is C18H20FN3O2. The highest BCUT2D eigenvalue weighted by molar-refractivity contribution is 5.57. The minimum atomic E-state index is -0.989. The second-order valence-electron chi connectivity index (χ2n) is 7.15. The quantitative estimate of drug-likeness (QED) is 0.749. The van der Waals surface area contributed by atoms with Gasteiger partial charge < -0.3 is 21.3 Å². The maximum Gasteiger partial charge on any atom is 0.219 e. The molecule has 6 heteroatoms. The topological polar surface area (TPSA) is 94.4 Å². The van der Waals surface area contributed by atoms with E-state index in [9.17, 15) is 9.50 Å². The lowest BCUT2D eigenvalue weighted by atomic mass is 10.0. The van der Waals surface area contributed by atoms with Gasteiger partial charge in [-0.3, -0.25) is 0 Å². The van der Waals surface area contributed by atoms with Crippen molar-refractivity contribution in [3.63, 3.8) is 0 Å². The molecule has 2 aliphatic rings. The molecule has 2 aromatic rings. The lowest BCUT2D eigenvalue weighted by molar-refractivity contribution is 0.152. The summed E-state index contributed by atoms with van der Waals surface area (Å²) < 4.78 is 19.9. The molecule has 0 radical (unpaired) electrons. The minimum Gasteiger partial charge on any atom is -0.436 e. The van der Waals surface area contributed by atoms with Crippen molar-refractivity contribution < 1.29 is 14.2 Å². The van der Waals surface area contributed by atoms with Crippen molar-refractivity contribution in [3.8, 4) is 11.6 Å². The van der Waals surface area contributed by atoms with E-state index in [1.54, 1.807) is 12.1 Å². The summed E-state index contributed by atoms with van der Waals surface area (Å²) in [6.07, 6.45) is 3.25. The van der Waals surface area contributed by atoms with Crippen molar-refractivity contribution >= 4 is 11.4 Å². The summed E-state index contributed by atoms with van der Waals surface area (Å²) >= 11 is 0. The first-order valence-electron chi connectivity index (χ1n) is 8.07. The third-order valence-electron chi connectivity index (χ3n) is 5.02. The van der Waals surface area contributed by atoms with E-state index in [0.717, 1.165) is 18.5 Å². The van der Waals surface area contributed by atoms with Crippen LogP contribution in [0.15, 0.2) is 24.3 Å². The second-order valence-corrected chi connectivity index (χ2v) is 7.15. The average Bonchev–Trinajstić information content (AvgIpc) is 3.45. The molecule has 0 amide bonds. The molecule has 24 heavy (non-hydrogen) atoms. The highest BCUT2D eigenvalue weighted by Gasteiger charge is 2.44. The Hall–Kier alpha value is -2.34. The van der Waals surface area contributed by atoms with E-state index in [0.29, 0.717) is 29.8 Å². The van der Waals surface area contributed by atoms with Crippen LogP contribution in [0.1, 0.15) is 43.9 Å². The molecule has 0 saturated heterocycles. The molecular weight excluding hydrogens is 309 g/mol. The summed E-state index contributed by atoms with van der Waals surface area (Å²) in [6.45, 7) is 2.10. The molecule has 4 rings (SSSR count). The lowest BCUT2D eigenvalue weighted by Gasteiger charge is -2.16. The Labute approximate surface area is 139 Å². The summed E-state index contributed by atoms with van der Waals surface area (Å²) in [5.74, 6) is -0.300. The molecule has 0 unspecified atom stereocenters. The Bertz CT molecular complexity index is 829. The Morgan fingerprint density at radius 2 is 1.83 bits per heavy atom. The molecule has 2 saturated carbocycles. The zero-order valence-corrected chi connectivity index (χ0v) is 13.5. The summed E-state index contributed by atoms with van der Waals surface area (Å²) in [5, 5.41) is 10.1. The Kier molecular flexibility index (Phi) is 3.06. The Morgan fingerprint density at radius 3 is 2.46 bits per heavy atom. The van der Waals surface area contributed by atoms with E-state index in [-0.39, 0.29) is 17.0 Å². The number of ether oxygens (including phenoxy) is 1. The number of nitrogens with zero attached hydrogens (tertiary/aromatic N) is 1. The molecule has 5 nitrogen and oxygen atoms in total. The SMILES string of the molecule is CC1(c2nc(Oc3cc(N)c(C4(O)CC4)cc3F)ccc2N)CC1. The number of aromatic nitrogens is 1.